The second kappa shape index (κ2) is 7.74. The fourth-order valence-electron chi connectivity index (χ4n) is 5.33. The maximum absolute atomic E-state index is 6.13. The number of fused-ring (bicyclic) bond motifs is 5. The lowest BCUT2D eigenvalue weighted by Gasteiger charge is -2.30. The van der Waals surface area contributed by atoms with Crippen molar-refractivity contribution in [1.29, 1.82) is 0 Å². The topological polar surface area (TPSA) is 107 Å². The van der Waals surface area contributed by atoms with E-state index in [1.807, 2.05) is 30.5 Å². The first-order chi connectivity index (χ1) is 15.6. The molecule has 2 fully saturated rings. The first-order valence-electron chi connectivity index (χ1n) is 11.4. The maximum atomic E-state index is 6.13. The van der Waals surface area contributed by atoms with Crippen LogP contribution in [0.2, 0.25) is 0 Å². The quantitative estimate of drug-likeness (QED) is 0.633. The van der Waals surface area contributed by atoms with Crippen LogP contribution < -0.4 is 15.8 Å². The Labute approximate surface area is 187 Å². The van der Waals surface area contributed by atoms with Crippen LogP contribution >= 0.6 is 0 Å². The zero-order valence-corrected chi connectivity index (χ0v) is 18.2. The molecule has 6 rings (SSSR count). The third-order valence-corrected chi connectivity index (χ3v) is 6.91. The highest BCUT2D eigenvalue weighted by Crippen LogP contribution is 2.51. The van der Waals surface area contributed by atoms with Gasteiger partial charge in [0.05, 0.1) is 5.69 Å². The number of ether oxygens (including phenoxy) is 1. The second-order valence-electron chi connectivity index (χ2n) is 9.22. The number of nitrogens with zero attached hydrogens (tertiary/aromatic N) is 6. The van der Waals surface area contributed by atoms with E-state index < -0.39 is 0 Å². The van der Waals surface area contributed by atoms with Crippen LogP contribution in [0.3, 0.4) is 0 Å². The number of hydrogen-bond donors (Lipinski definition) is 2. The lowest BCUT2D eigenvalue weighted by molar-refractivity contribution is 0.104. The summed E-state index contributed by atoms with van der Waals surface area (Å²) in [5.41, 5.74) is 9.45. The van der Waals surface area contributed by atoms with E-state index in [4.69, 9.17) is 15.5 Å². The van der Waals surface area contributed by atoms with E-state index in [1.165, 1.54) is 35.9 Å². The molecule has 1 saturated carbocycles. The second-order valence-corrected chi connectivity index (χ2v) is 9.22. The highest BCUT2D eigenvalue weighted by Gasteiger charge is 2.38. The summed E-state index contributed by atoms with van der Waals surface area (Å²) in [5, 5.41) is 7.70. The number of hydrogen-bond acceptors (Lipinski definition) is 8. The van der Waals surface area contributed by atoms with Crippen molar-refractivity contribution in [3.05, 3.63) is 41.7 Å². The number of aromatic nitrogens is 5. The number of nitrogen functional groups attached to an aromatic ring is 1. The van der Waals surface area contributed by atoms with Gasteiger partial charge in [0.25, 0.3) is 5.95 Å². The Morgan fingerprint density at radius 1 is 1.09 bits per heavy atom. The first-order valence-corrected chi connectivity index (χ1v) is 11.4. The third-order valence-electron chi connectivity index (χ3n) is 6.91. The number of rotatable bonds is 5. The van der Waals surface area contributed by atoms with Gasteiger partial charge in [0.1, 0.15) is 11.9 Å². The predicted octanol–water partition coefficient (Wildman–Crippen LogP) is 3.22. The van der Waals surface area contributed by atoms with Gasteiger partial charge in [-0.2, -0.15) is 9.67 Å². The monoisotopic (exact) mass is 432 g/mol. The van der Waals surface area contributed by atoms with Crippen LogP contribution in [0.25, 0.3) is 5.95 Å². The van der Waals surface area contributed by atoms with Gasteiger partial charge in [-0.1, -0.05) is 0 Å². The lowest BCUT2D eigenvalue weighted by Crippen LogP contribution is -2.38. The molecule has 3 aliphatic rings. The molecule has 32 heavy (non-hydrogen) atoms. The van der Waals surface area contributed by atoms with Crippen LogP contribution in [0.15, 0.2) is 30.5 Å². The molecule has 3 unspecified atom stereocenters. The lowest BCUT2D eigenvalue weighted by atomic mass is 9.98. The van der Waals surface area contributed by atoms with Gasteiger partial charge in [-0.05, 0) is 81.4 Å². The van der Waals surface area contributed by atoms with E-state index >= 15 is 0 Å². The van der Waals surface area contributed by atoms with Crippen LogP contribution in [-0.4, -0.2) is 55.9 Å². The van der Waals surface area contributed by atoms with Gasteiger partial charge in [-0.25, -0.2) is 9.97 Å². The summed E-state index contributed by atoms with van der Waals surface area (Å²) < 4.78 is 7.63. The van der Waals surface area contributed by atoms with Gasteiger partial charge in [-0.3, -0.25) is 0 Å². The molecule has 2 aromatic heterocycles. The van der Waals surface area contributed by atoms with E-state index in [9.17, 15) is 0 Å². The Balaban J connectivity index is 1.15. The zero-order chi connectivity index (χ0) is 21.7. The Bertz CT molecular complexity index is 1130. The van der Waals surface area contributed by atoms with Crippen LogP contribution in [0.5, 0.6) is 5.75 Å². The molecule has 9 heteroatoms. The molecule has 166 valence electrons. The summed E-state index contributed by atoms with van der Waals surface area (Å²) in [6.07, 6.45) is 8.12. The van der Waals surface area contributed by atoms with Crippen molar-refractivity contribution in [2.45, 2.75) is 50.0 Å². The Kier molecular flexibility index (Phi) is 4.71. The molecule has 9 nitrogen and oxygen atoms in total. The van der Waals surface area contributed by atoms with E-state index in [1.54, 1.807) is 0 Å². The zero-order valence-electron chi connectivity index (χ0n) is 18.2. The minimum absolute atomic E-state index is 0.243. The van der Waals surface area contributed by atoms with Crippen LogP contribution in [0.4, 0.5) is 17.6 Å². The van der Waals surface area contributed by atoms with Crippen molar-refractivity contribution >= 4 is 17.6 Å². The summed E-state index contributed by atoms with van der Waals surface area (Å²) >= 11 is 0. The van der Waals surface area contributed by atoms with Crippen molar-refractivity contribution in [1.82, 2.24) is 29.6 Å². The summed E-state index contributed by atoms with van der Waals surface area (Å²) in [5.74, 6) is 3.20. The Morgan fingerprint density at radius 3 is 2.78 bits per heavy atom. The van der Waals surface area contributed by atoms with Crippen molar-refractivity contribution in [3.8, 4) is 11.7 Å². The average molecular weight is 433 g/mol. The largest absolute Gasteiger partial charge is 0.489 e. The minimum atomic E-state index is 0.243. The van der Waals surface area contributed by atoms with Gasteiger partial charge >= 0.3 is 0 Å². The number of nitrogens with one attached hydrogen (secondary N) is 1. The summed E-state index contributed by atoms with van der Waals surface area (Å²) in [6.45, 7) is 2.11. The molecule has 1 aromatic carbocycles. The van der Waals surface area contributed by atoms with E-state index in [0.717, 1.165) is 36.6 Å². The molecule has 3 atom stereocenters. The third kappa shape index (κ3) is 3.56. The summed E-state index contributed by atoms with van der Waals surface area (Å²) in [6, 6.07) is 7.86. The molecule has 2 bridgehead atoms. The van der Waals surface area contributed by atoms with Gasteiger partial charge < -0.3 is 20.7 Å². The molecule has 3 aromatic rings. The smallest absolute Gasteiger partial charge is 0.254 e. The summed E-state index contributed by atoms with van der Waals surface area (Å²) in [7, 11) is 2.14. The fraction of sp³-hybridized carbons (Fsp3) is 0.478. The average Bonchev–Trinajstić information content (AvgIpc) is 3.50. The van der Waals surface area contributed by atoms with E-state index in [0.29, 0.717) is 23.7 Å². The number of anilines is 3. The molecule has 0 radical (unpaired) electrons. The maximum Gasteiger partial charge on any atom is 0.254 e. The normalized spacial score (nSPS) is 24.5. The fourth-order valence-corrected chi connectivity index (χ4v) is 5.33. The molecule has 0 amide bonds. The van der Waals surface area contributed by atoms with Crippen molar-refractivity contribution < 1.29 is 4.74 Å². The highest BCUT2D eigenvalue weighted by molar-refractivity contribution is 5.55. The van der Waals surface area contributed by atoms with Gasteiger partial charge in [-0.15, -0.1) is 5.10 Å². The number of nitrogens with two attached hydrogens (primary N) is 1. The van der Waals surface area contributed by atoms with Crippen molar-refractivity contribution in [2.24, 2.45) is 0 Å². The Hall–Kier alpha value is -3.20. The van der Waals surface area contributed by atoms with E-state index in [2.05, 4.69) is 32.3 Å². The molecular weight excluding hydrogens is 404 g/mol. The van der Waals surface area contributed by atoms with Crippen LogP contribution in [0, 0.1) is 0 Å². The standard InChI is InChI=1S/C23H28N8O/c1-30-10-2-3-18(13-30)32-17-8-6-16(7-9-17)26-22-28-21(24)31(29-22)23-25-12-19-14-4-5-15(11-14)20(19)27-23/h6-9,12,14-15,18H,2-5,10-11,13H2,1H3,(H3,24,26,28,29). The van der Waals surface area contributed by atoms with Crippen molar-refractivity contribution in [2.75, 3.05) is 31.2 Å². The molecule has 2 aliphatic carbocycles. The molecular formula is C23H28N8O. The van der Waals surface area contributed by atoms with Crippen LogP contribution in [0.1, 0.15) is 55.2 Å². The Morgan fingerprint density at radius 2 is 1.94 bits per heavy atom. The van der Waals surface area contributed by atoms with Gasteiger partial charge in [0.2, 0.25) is 11.9 Å². The number of likely N-dealkylation sites (tertiary alicyclic amines) is 1. The number of piperidine rings is 1. The first kappa shape index (κ1) is 19.5. The molecule has 1 saturated heterocycles. The van der Waals surface area contributed by atoms with Crippen molar-refractivity contribution in [3.63, 3.8) is 0 Å². The van der Waals surface area contributed by atoms with Crippen LogP contribution in [-0.2, 0) is 0 Å². The molecule has 3 N–H and O–H groups in total. The predicted molar refractivity (Wildman–Crippen MR) is 122 cm³/mol. The SMILES string of the molecule is CN1CCCC(Oc2ccc(Nc3nc(N)n(-c4ncc5c(n4)C4CCC5C4)n3)cc2)C1. The molecule has 3 heterocycles. The van der Waals surface area contributed by atoms with E-state index in [-0.39, 0.29) is 12.1 Å². The van der Waals surface area contributed by atoms with Gasteiger partial charge in [0.15, 0.2) is 0 Å². The molecule has 1 aliphatic heterocycles. The highest BCUT2D eigenvalue weighted by atomic mass is 16.5. The summed E-state index contributed by atoms with van der Waals surface area (Å²) in [4.78, 5) is 16.0. The number of benzene rings is 1. The number of likely N-dealkylation sites (N-methyl/N-ethyl adjacent to an activating group) is 1. The van der Waals surface area contributed by atoms with Gasteiger partial charge in [0, 0.05) is 24.3 Å². The minimum Gasteiger partial charge on any atom is -0.489 e. The molecule has 0 spiro atoms.